The highest BCUT2D eigenvalue weighted by Crippen LogP contribution is 2.51. The van der Waals surface area contributed by atoms with Crippen molar-refractivity contribution in [2.75, 3.05) is 0 Å². The summed E-state index contributed by atoms with van der Waals surface area (Å²) < 4.78 is 5.64. The second-order valence-electron chi connectivity index (χ2n) is 8.70. The number of nitro groups is 2. The van der Waals surface area contributed by atoms with E-state index in [4.69, 9.17) is 10.5 Å². The molecule has 1 aliphatic heterocycles. The summed E-state index contributed by atoms with van der Waals surface area (Å²) in [5.74, 6) is -1.26. The fourth-order valence-corrected chi connectivity index (χ4v) is 4.77. The number of Topliss-reactive ketones (excluding diaryl/α,β-unsaturated/α-hetero) is 1. The molecule has 0 radical (unpaired) electrons. The molecule has 0 unspecified atom stereocenters. The molecule has 162 valence electrons. The highest BCUT2D eigenvalue weighted by Gasteiger charge is 2.46. The van der Waals surface area contributed by atoms with Crippen molar-refractivity contribution >= 4 is 17.2 Å². The number of rotatable bonds is 3. The van der Waals surface area contributed by atoms with E-state index in [0.717, 1.165) is 0 Å². The summed E-state index contributed by atoms with van der Waals surface area (Å²) in [5.41, 5.74) is 5.26. The van der Waals surface area contributed by atoms with Gasteiger partial charge in [-0.3, -0.25) is 25.0 Å². The van der Waals surface area contributed by atoms with Crippen molar-refractivity contribution in [2.24, 2.45) is 11.1 Å². The van der Waals surface area contributed by atoms with Crippen LogP contribution in [0.15, 0.2) is 22.8 Å². The lowest BCUT2D eigenvalue weighted by Gasteiger charge is -2.37. The summed E-state index contributed by atoms with van der Waals surface area (Å²) in [6, 6.07) is 1.95. The van der Waals surface area contributed by atoms with Gasteiger partial charge in [0.15, 0.2) is 5.78 Å². The summed E-state index contributed by atoms with van der Waals surface area (Å²) in [6.45, 7) is 8.04. The number of hydrogen-bond acceptors (Lipinski definition) is 8. The molecule has 0 fully saturated rings. The van der Waals surface area contributed by atoms with E-state index < -0.39 is 32.6 Å². The Morgan fingerprint density at radius 2 is 1.58 bits per heavy atom. The summed E-state index contributed by atoms with van der Waals surface area (Å²) in [7, 11) is 0. The molecule has 1 aromatic carbocycles. The van der Waals surface area contributed by atoms with Gasteiger partial charge in [0, 0.05) is 29.5 Å². The zero-order valence-corrected chi connectivity index (χ0v) is 17.9. The standard InChI is InChI=1S/C21H22N4O6/c1-9-15(10(2)19(25(29)30)11(3)18(9)24(27)28)16-12(8-22)20(23)31-14-7-21(4,5)6-13(26)17(14)16/h16H,6-7,23H2,1-5H3/t16-/m1/s1. The number of ketones is 1. The number of carbonyl (C=O) groups excluding carboxylic acids is 1. The Bertz CT molecular complexity index is 1130. The lowest BCUT2D eigenvalue weighted by atomic mass is 9.69. The molecular weight excluding hydrogens is 404 g/mol. The number of nitrogens with zero attached hydrogens (tertiary/aromatic N) is 3. The number of nitro benzene ring substituents is 2. The van der Waals surface area contributed by atoms with Crippen LogP contribution in [0.1, 0.15) is 54.9 Å². The van der Waals surface area contributed by atoms with Crippen molar-refractivity contribution in [3.63, 3.8) is 0 Å². The maximum absolute atomic E-state index is 13.1. The third-order valence-corrected chi connectivity index (χ3v) is 5.96. The number of nitriles is 1. The van der Waals surface area contributed by atoms with Gasteiger partial charge in [0.25, 0.3) is 11.4 Å². The largest absolute Gasteiger partial charge is 0.444 e. The van der Waals surface area contributed by atoms with Gasteiger partial charge in [0.05, 0.1) is 15.8 Å². The second kappa shape index (κ2) is 7.19. The van der Waals surface area contributed by atoms with Crippen LogP contribution in [-0.4, -0.2) is 15.6 Å². The van der Waals surface area contributed by atoms with Crippen molar-refractivity contribution in [3.05, 3.63) is 65.3 Å². The molecular formula is C21H22N4O6. The molecule has 0 spiro atoms. The van der Waals surface area contributed by atoms with Crippen LogP contribution in [0.3, 0.4) is 0 Å². The summed E-state index contributed by atoms with van der Waals surface area (Å²) in [6.07, 6.45) is 0.552. The molecule has 31 heavy (non-hydrogen) atoms. The first-order valence-corrected chi connectivity index (χ1v) is 9.58. The Balaban J connectivity index is 2.46. The average molecular weight is 426 g/mol. The third kappa shape index (κ3) is 3.32. The molecule has 0 saturated heterocycles. The Morgan fingerprint density at radius 3 is 2.03 bits per heavy atom. The van der Waals surface area contributed by atoms with E-state index in [-0.39, 0.29) is 51.5 Å². The number of carbonyl (C=O) groups is 1. The lowest BCUT2D eigenvalue weighted by molar-refractivity contribution is -0.396. The van der Waals surface area contributed by atoms with Crippen LogP contribution in [0, 0.1) is 57.7 Å². The van der Waals surface area contributed by atoms with E-state index in [2.05, 4.69) is 0 Å². The first-order valence-electron chi connectivity index (χ1n) is 9.58. The molecule has 10 nitrogen and oxygen atoms in total. The molecule has 0 amide bonds. The van der Waals surface area contributed by atoms with Crippen molar-refractivity contribution < 1.29 is 19.4 Å². The third-order valence-electron chi connectivity index (χ3n) is 5.96. The molecule has 0 bridgehead atoms. The van der Waals surface area contributed by atoms with Gasteiger partial charge in [-0.25, -0.2) is 0 Å². The molecule has 1 atom stereocenters. The summed E-state index contributed by atoms with van der Waals surface area (Å²) >= 11 is 0. The van der Waals surface area contributed by atoms with Crippen LogP contribution in [0.25, 0.3) is 0 Å². The second-order valence-corrected chi connectivity index (χ2v) is 8.70. The van der Waals surface area contributed by atoms with E-state index in [1.54, 1.807) is 0 Å². The topological polar surface area (TPSA) is 162 Å². The minimum Gasteiger partial charge on any atom is -0.444 e. The number of hydrogen-bond donors (Lipinski definition) is 1. The van der Waals surface area contributed by atoms with E-state index in [0.29, 0.717) is 12.2 Å². The molecule has 1 aromatic rings. The van der Waals surface area contributed by atoms with Crippen LogP contribution in [0.4, 0.5) is 11.4 Å². The Hall–Kier alpha value is -3.74. The molecule has 1 heterocycles. The lowest BCUT2D eigenvalue weighted by Crippen LogP contribution is -2.34. The average Bonchev–Trinajstić information content (AvgIpc) is 2.59. The van der Waals surface area contributed by atoms with Gasteiger partial charge in [-0.2, -0.15) is 5.26 Å². The summed E-state index contributed by atoms with van der Waals surface area (Å²) in [5, 5.41) is 33.4. The van der Waals surface area contributed by atoms with Gasteiger partial charge in [0.1, 0.15) is 23.0 Å². The first-order chi connectivity index (χ1) is 14.3. The smallest absolute Gasteiger partial charge is 0.282 e. The normalized spacial score (nSPS) is 20.1. The zero-order valence-electron chi connectivity index (χ0n) is 17.9. The van der Waals surface area contributed by atoms with E-state index in [1.165, 1.54) is 20.8 Å². The van der Waals surface area contributed by atoms with E-state index >= 15 is 0 Å². The van der Waals surface area contributed by atoms with Crippen molar-refractivity contribution in [3.8, 4) is 6.07 Å². The number of nitrogens with two attached hydrogens (primary N) is 1. The zero-order chi connectivity index (χ0) is 23.4. The van der Waals surface area contributed by atoms with Gasteiger partial charge in [-0.15, -0.1) is 0 Å². The maximum atomic E-state index is 13.1. The predicted molar refractivity (Wildman–Crippen MR) is 110 cm³/mol. The molecule has 0 aromatic heterocycles. The highest BCUT2D eigenvalue weighted by molar-refractivity contribution is 6.00. The molecule has 0 saturated carbocycles. The summed E-state index contributed by atoms with van der Waals surface area (Å²) in [4.78, 5) is 35.4. The fourth-order valence-electron chi connectivity index (χ4n) is 4.77. The first kappa shape index (κ1) is 22.0. The van der Waals surface area contributed by atoms with Gasteiger partial charge in [-0.1, -0.05) is 13.8 Å². The molecule has 1 aliphatic carbocycles. The Kier molecular flexibility index (Phi) is 5.10. The minimum atomic E-state index is -1.07. The number of benzene rings is 1. The number of ether oxygens (including phenoxy) is 1. The quantitative estimate of drug-likeness (QED) is 0.562. The van der Waals surface area contributed by atoms with Crippen LogP contribution >= 0.6 is 0 Å². The Morgan fingerprint density at radius 1 is 1.06 bits per heavy atom. The van der Waals surface area contributed by atoms with Crippen LogP contribution < -0.4 is 5.73 Å². The predicted octanol–water partition coefficient (Wildman–Crippen LogP) is 3.88. The van der Waals surface area contributed by atoms with Crippen molar-refractivity contribution in [2.45, 2.75) is 53.4 Å². The Labute approximate surface area is 178 Å². The minimum absolute atomic E-state index is 0.0819. The van der Waals surface area contributed by atoms with E-state index in [1.807, 2.05) is 19.9 Å². The maximum Gasteiger partial charge on any atom is 0.282 e. The highest BCUT2D eigenvalue weighted by atomic mass is 16.6. The van der Waals surface area contributed by atoms with Crippen molar-refractivity contribution in [1.82, 2.24) is 0 Å². The van der Waals surface area contributed by atoms with Gasteiger partial charge >= 0.3 is 0 Å². The van der Waals surface area contributed by atoms with Gasteiger partial charge in [0.2, 0.25) is 5.88 Å². The molecule has 2 N–H and O–H groups in total. The monoisotopic (exact) mass is 426 g/mol. The molecule has 10 heteroatoms. The van der Waals surface area contributed by atoms with Crippen LogP contribution in [-0.2, 0) is 9.53 Å². The van der Waals surface area contributed by atoms with Crippen LogP contribution in [0.2, 0.25) is 0 Å². The molecule has 2 aliphatic rings. The van der Waals surface area contributed by atoms with Gasteiger partial charge < -0.3 is 10.5 Å². The molecule has 3 rings (SSSR count). The SMILES string of the molecule is Cc1c([C@H]2C(C#N)=C(N)OC3=C2C(=O)CC(C)(C)C3)c(C)c([N+](=O)[O-])c(C)c1[N+](=O)[O-]. The van der Waals surface area contributed by atoms with Crippen LogP contribution in [0.5, 0.6) is 0 Å². The van der Waals surface area contributed by atoms with Crippen molar-refractivity contribution in [1.29, 1.82) is 5.26 Å². The van der Waals surface area contributed by atoms with E-state index in [9.17, 15) is 30.3 Å². The van der Waals surface area contributed by atoms with Gasteiger partial charge in [-0.05, 0) is 31.7 Å². The number of allylic oxidation sites excluding steroid dienone is 3. The fraction of sp³-hybridized carbons (Fsp3) is 0.429.